The van der Waals surface area contributed by atoms with Crippen LogP contribution in [0, 0.1) is 5.92 Å². The van der Waals surface area contributed by atoms with Crippen LogP contribution in [0.2, 0.25) is 0 Å². The molecule has 1 aromatic carbocycles. The number of nitrogens with zero attached hydrogens (tertiary/aromatic N) is 5. The Balaban J connectivity index is 1.67. The zero-order valence-corrected chi connectivity index (χ0v) is 15.3. The maximum Gasteiger partial charge on any atom is 0.174 e. The van der Waals surface area contributed by atoms with E-state index in [9.17, 15) is 0 Å². The summed E-state index contributed by atoms with van der Waals surface area (Å²) in [6.45, 7) is 5.24. The molecule has 0 N–H and O–H groups in total. The second kappa shape index (κ2) is 7.45. The van der Waals surface area contributed by atoms with Crippen LogP contribution in [-0.2, 0) is 6.54 Å². The maximum absolute atomic E-state index is 4.44. The zero-order valence-electron chi connectivity index (χ0n) is 14.5. The molecule has 4 rings (SSSR count). The summed E-state index contributed by atoms with van der Waals surface area (Å²) in [5, 5.41) is 14.9. The number of hydrogen-bond donors (Lipinski definition) is 0. The summed E-state index contributed by atoms with van der Waals surface area (Å²) in [6, 6.07) is 14.9. The van der Waals surface area contributed by atoms with Gasteiger partial charge in [-0.05, 0) is 52.7 Å². The number of hydrogen-bond acceptors (Lipinski definition) is 5. The van der Waals surface area contributed by atoms with Gasteiger partial charge in [0.1, 0.15) is 6.04 Å². The summed E-state index contributed by atoms with van der Waals surface area (Å²) >= 11 is 1.79. The lowest BCUT2D eigenvalue weighted by Gasteiger charge is -2.36. The van der Waals surface area contributed by atoms with Crippen LogP contribution in [0.4, 0.5) is 0 Å². The fourth-order valence-corrected chi connectivity index (χ4v) is 4.51. The minimum atomic E-state index is 0.140. The van der Waals surface area contributed by atoms with Crippen molar-refractivity contribution in [1.82, 2.24) is 25.1 Å². The van der Waals surface area contributed by atoms with Gasteiger partial charge < -0.3 is 0 Å². The number of piperidine rings is 1. The van der Waals surface area contributed by atoms with Crippen LogP contribution in [0.5, 0.6) is 0 Å². The van der Waals surface area contributed by atoms with E-state index in [1.807, 2.05) is 10.7 Å². The predicted octanol–water partition coefficient (Wildman–Crippen LogP) is 3.60. The van der Waals surface area contributed by atoms with E-state index in [0.29, 0.717) is 6.54 Å². The summed E-state index contributed by atoms with van der Waals surface area (Å²) in [4.78, 5) is 3.87. The topological polar surface area (TPSA) is 46.8 Å². The Labute approximate surface area is 152 Å². The summed E-state index contributed by atoms with van der Waals surface area (Å²) in [6.07, 6.45) is 2.55. The molecule has 2 atom stereocenters. The molecule has 0 spiro atoms. The largest absolute Gasteiger partial charge is 0.289 e. The standard InChI is InChI=1S/C19H23N5S/c1-15-7-5-11-23(13-15)18(17-10-6-12-25-17)19-20-21-22-24(19)14-16-8-3-2-4-9-16/h2-4,6,8-10,12,15,18H,5,7,11,13-14H2,1H3/t15-,18+/m0/s1. The van der Waals surface area contributed by atoms with Gasteiger partial charge in [-0.2, -0.15) is 0 Å². The predicted molar refractivity (Wildman–Crippen MR) is 99.5 cm³/mol. The van der Waals surface area contributed by atoms with Gasteiger partial charge in [0.25, 0.3) is 0 Å². The molecule has 5 nitrogen and oxygen atoms in total. The van der Waals surface area contributed by atoms with Crippen molar-refractivity contribution < 1.29 is 0 Å². The first-order valence-corrected chi connectivity index (χ1v) is 9.76. The van der Waals surface area contributed by atoms with Crippen LogP contribution >= 0.6 is 11.3 Å². The molecule has 0 aliphatic carbocycles. The molecular weight excluding hydrogens is 330 g/mol. The molecular formula is C19H23N5S. The van der Waals surface area contributed by atoms with E-state index in [-0.39, 0.29) is 6.04 Å². The monoisotopic (exact) mass is 353 g/mol. The Kier molecular flexibility index (Phi) is 4.90. The van der Waals surface area contributed by atoms with Crippen LogP contribution in [0.1, 0.15) is 42.1 Å². The molecule has 130 valence electrons. The molecule has 3 aromatic rings. The Morgan fingerprint density at radius 2 is 2.08 bits per heavy atom. The Morgan fingerprint density at radius 1 is 1.20 bits per heavy atom. The first kappa shape index (κ1) is 16.4. The lowest BCUT2D eigenvalue weighted by Crippen LogP contribution is -2.38. The molecule has 0 saturated carbocycles. The van der Waals surface area contributed by atoms with Crippen molar-refractivity contribution in [3.8, 4) is 0 Å². The molecule has 1 aliphatic heterocycles. The molecule has 1 fully saturated rings. The van der Waals surface area contributed by atoms with Crippen molar-refractivity contribution in [3.63, 3.8) is 0 Å². The highest BCUT2D eigenvalue weighted by Gasteiger charge is 2.31. The Bertz CT molecular complexity index is 783. The van der Waals surface area contributed by atoms with Gasteiger partial charge in [-0.1, -0.05) is 43.3 Å². The summed E-state index contributed by atoms with van der Waals surface area (Å²) in [5.41, 5.74) is 1.22. The van der Waals surface area contributed by atoms with Gasteiger partial charge in [-0.25, -0.2) is 4.68 Å². The number of likely N-dealkylation sites (tertiary alicyclic amines) is 1. The Morgan fingerprint density at radius 3 is 2.84 bits per heavy atom. The number of benzene rings is 1. The summed E-state index contributed by atoms with van der Waals surface area (Å²) in [7, 11) is 0. The highest BCUT2D eigenvalue weighted by molar-refractivity contribution is 7.10. The first-order chi connectivity index (χ1) is 12.3. The van der Waals surface area contributed by atoms with Crippen molar-refractivity contribution >= 4 is 11.3 Å². The van der Waals surface area contributed by atoms with Gasteiger partial charge in [0.05, 0.1) is 6.54 Å². The lowest BCUT2D eigenvalue weighted by molar-refractivity contribution is 0.144. The van der Waals surface area contributed by atoms with E-state index in [2.05, 4.69) is 69.1 Å². The number of aromatic nitrogens is 4. The maximum atomic E-state index is 4.44. The second-order valence-corrected chi connectivity index (χ2v) is 7.82. The molecule has 2 aromatic heterocycles. The van der Waals surface area contributed by atoms with Gasteiger partial charge in [0, 0.05) is 11.4 Å². The third-order valence-electron chi connectivity index (χ3n) is 4.85. The molecule has 0 radical (unpaired) electrons. The highest BCUT2D eigenvalue weighted by atomic mass is 32.1. The molecule has 1 saturated heterocycles. The highest BCUT2D eigenvalue weighted by Crippen LogP contribution is 2.33. The summed E-state index contributed by atoms with van der Waals surface area (Å²) in [5.74, 6) is 1.66. The number of rotatable bonds is 5. The molecule has 0 amide bonds. The third-order valence-corrected chi connectivity index (χ3v) is 5.77. The van der Waals surface area contributed by atoms with E-state index >= 15 is 0 Å². The van der Waals surface area contributed by atoms with Crippen molar-refractivity contribution in [1.29, 1.82) is 0 Å². The van der Waals surface area contributed by atoms with Crippen LogP contribution in [0.25, 0.3) is 0 Å². The van der Waals surface area contributed by atoms with Crippen molar-refractivity contribution in [3.05, 3.63) is 64.1 Å². The van der Waals surface area contributed by atoms with Crippen LogP contribution in [-0.4, -0.2) is 38.2 Å². The van der Waals surface area contributed by atoms with Crippen LogP contribution < -0.4 is 0 Å². The van der Waals surface area contributed by atoms with Gasteiger partial charge in [-0.15, -0.1) is 16.4 Å². The van der Waals surface area contributed by atoms with Gasteiger partial charge in [-0.3, -0.25) is 4.90 Å². The molecule has 3 heterocycles. The number of thiophene rings is 1. The third kappa shape index (κ3) is 3.65. The fourth-order valence-electron chi connectivity index (χ4n) is 3.65. The van der Waals surface area contributed by atoms with Crippen molar-refractivity contribution in [2.45, 2.75) is 32.4 Å². The quantitative estimate of drug-likeness (QED) is 0.703. The average molecular weight is 353 g/mol. The Hall–Kier alpha value is -2.05. The van der Waals surface area contributed by atoms with E-state index in [0.717, 1.165) is 24.8 Å². The first-order valence-electron chi connectivity index (χ1n) is 8.88. The van der Waals surface area contributed by atoms with E-state index in [4.69, 9.17) is 0 Å². The number of tetrazole rings is 1. The smallest absolute Gasteiger partial charge is 0.174 e. The van der Waals surface area contributed by atoms with Crippen LogP contribution in [0.3, 0.4) is 0 Å². The summed E-state index contributed by atoms with van der Waals surface area (Å²) < 4.78 is 1.96. The van der Waals surface area contributed by atoms with E-state index in [1.165, 1.54) is 23.3 Å². The minimum absolute atomic E-state index is 0.140. The van der Waals surface area contributed by atoms with Crippen LogP contribution in [0.15, 0.2) is 47.8 Å². The van der Waals surface area contributed by atoms with Gasteiger partial charge in [0.2, 0.25) is 0 Å². The van der Waals surface area contributed by atoms with Crippen molar-refractivity contribution in [2.75, 3.05) is 13.1 Å². The minimum Gasteiger partial charge on any atom is -0.289 e. The van der Waals surface area contributed by atoms with Gasteiger partial charge in [0.15, 0.2) is 5.82 Å². The molecule has 6 heteroatoms. The van der Waals surface area contributed by atoms with Crippen molar-refractivity contribution in [2.24, 2.45) is 5.92 Å². The average Bonchev–Trinajstić information content (AvgIpc) is 3.30. The zero-order chi connectivity index (χ0) is 17.1. The normalized spacial score (nSPS) is 19.8. The lowest BCUT2D eigenvalue weighted by atomic mass is 9.98. The van der Waals surface area contributed by atoms with E-state index < -0.39 is 0 Å². The van der Waals surface area contributed by atoms with E-state index in [1.54, 1.807) is 11.3 Å². The molecule has 1 aliphatic rings. The second-order valence-electron chi connectivity index (χ2n) is 6.84. The molecule has 25 heavy (non-hydrogen) atoms. The SMILES string of the molecule is C[C@H]1CCCN([C@H](c2cccs2)c2nnnn2Cc2ccccc2)C1. The fraction of sp³-hybridized carbons (Fsp3) is 0.421. The molecule has 0 unspecified atom stereocenters. The molecule has 0 bridgehead atoms. The van der Waals surface area contributed by atoms with Gasteiger partial charge >= 0.3 is 0 Å².